The number of carboxylic acids is 1. The van der Waals surface area contributed by atoms with Crippen LogP contribution in [-0.4, -0.2) is 56.0 Å². The van der Waals surface area contributed by atoms with Crippen LogP contribution >= 0.6 is 0 Å². The van der Waals surface area contributed by atoms with Gasteiger partial charge in [-0.2, -0.15) is 4.31 Å². The van der Waals surface area contributed by atoms with Crippen molar-refractivity contribution in [2.24, 2.45) is 0 Å². The van der Waals surface area contributed by atoms with Crippen LogP contribution in [0, 0.1) is 6.92 Å². The third-order valence-corrected chi connectivity index (χ3v) is 6.36. The molecule has 1 fully saturated rings. The molecule has 0 bridgehead atoms. The number of carbonyl (C=O) groups is 2. The van der Waals surface area contributed by atoms with Crippen LogP contribution in [0.2, 0.25) is 0 Å². The Bertz CT molecular complexity index is 1010. The highest BCUT2D eigenvalue weighted by molar-refractivity contribution is 7.89. The average Bonchev–Trinajstić information content (AvgIpc) is 2.69. The highest BCUT2D eigenvalue weighted by atomic mass is 32.2. The van der Waals surface area contributed by atoms with Crippen LogP contribution in [0.1, 0.15) is 26.3 Å². The molecule has 1 saturated heterocycles. The molecule has 1 amide bonds. The molecule has 1 aliphatic heterocycles. The normalized spacial score (nSPS) is 15.2. The number of ether oxygens (including phenoxy) is 1. The zero-order valence-electron chi connectivity index (χ0n) is 15.2. The monoisotopic (exact) mass is 404 g/mol. The van der Waals surface area contributed by atoms with Gasteiger partial charge in [-0.05, 0) is 36.8 Å². The molecule has 0 radical (unpaired) electrons. The summed E-state index contributed by atoms with van der Waals surface area (Å²) in [6.45, 7) is 2.84. The van der Waals surface area contributed by atoms with E-state index in [0.29, 0.717) is 18.8 Å². The summed E-state index contributed by atoms with van der Waals surface area (Å²) in [5.41, 5.74) is 0.826. The number of rotatable bonds is 5. The number of hydrogen-bond donors (Lipinski definition) is 2. The average molecular weight is 404 g/mol. The molecule has 8 nitrogen and oxygen atoms in total. The number of hydrogen-bond acceptors (Lipinski definition) is 5. The summed E-state index contributed by atoms with van der Waals surface area (Å²) in [7, 11) is -3.75. The lowest BCUT2D eigenvalue weighted by Crippen LogP contribution is -2.40. The number of aryl methyl sites for hydroxylation is 1. The quantitative estimate of drug-likeness (QED) is 0.788. The molecule has 0 saturated carbocycles. The van der Waals surface area contributed by atoms with Crippen molar-refractivity contribution in [1.29, 1.82) is 0 Å². The number of aromatic carboxylic acids is 1. The topological polar surface area (TPSA) is 113 Å². The summed E-state index contributed by atoms with van der Waals surface area (Å²) in [4.78, 5) is 24.1. The van der Waals surface area contributed by atoms with Crippen molar-refractivity contribution in [3.8, 4) is 0 Å². The minimum absolute atomic E-state index is 0.0108. The van der Waals surface area contributed by atoms with E-state index >= 15 is 0 Å². The van der Waals surface area contributed by atoms with Gasteiger partial charge >= 0.3 is 5.97 Å². The van der Waals surface area contributed by atoms with Crippen LogP contribution in [0.4, 0.5) is 5.69 Å². The Morgan fingerprint density at radius 3 is 2.43 bits per heavy atom. The number of nitrogens with zero attached hydrogens (tertiary/aromatic N) is 1. The number of benzene rings is 2. The number of carbonyl (C=O) groups excluding carboxylic acids is 1. The molecular formula is C19H20N2O6S. The van der Waals surface area contributed by atoms with Crippen molar-refractivity contribution >= 4 is 27.6 Å². The first-order valence-electron chi connectivity index (χ1n) is 8.63. The van der Waals surface area contributed by atoms with Crippen molar-refractivity contribution in [2.75, 3.05) is 31.6 Å². The molecule has 9 heteroatoms. The van der Waals surface area contributed by atoms with Gasteiger partial charge in [-0.3, -0.25) is 4.79 Å². The van der Waals surface area contributed by atoms with E-state index in [4.69, 9.17) is 4.74 Å². The van der Waals surface area contributed by atoms with Crippen LogP contribution in [0.25, 0.3) is 0 Å². The first-order chi connectivity index (χ1) is 13.3. The third-order valence-electron chi connectivity index (χ3n) is 4.47. The van der Waals surface area contributed by atoms with E-state index in [0.717, 1.165) is 0 Å². The maximum atomic E-state index is 12.8. The van der Waals surface area contributed by atoms with E-state index in [9.17, 15) is 23.1 Å². The van der Waals surface area contributed by atoms with Crippen molar-refractivity contribution in [2.45, 2.75) is 11.8 Å². The predicted octanol–water partition coefficient (Wildman–Crippen LogP) is 1.97. The zero-order valence-corrected chi connectivity index (χ0v) is 16.0. The second-order valence-corrected chi connectivity index (χ2v) is 8.24. The first kappa shape index (κ1) is 20.0. The van der Waals surface area contributed by atoms with Crippen molar-refractivity contribution in [3.63, 3.8) is 0 Å². The Morgan fingerprint density at radius 2 is 1.75 bits per heavy atom. The molecule has 0 spiro atoms. The van der Waals surface area contributed by atoms with Crippen LogP contribution in [0.5, 0.6) is 0 Å². The molecule has 0 aliphatic carbocycles. The highest BCUT2D eigenvalue weighted by Crippen LogP contribution is 2.22. The highest BCUT2D eigenvalue weighted by Gasteiger charge is 2.27. The summed E-state index contributed by atoms with van der Waals surface area (Å²) in [6, 6.07) is 10.4. The Kier molecular flexibility index (Phi) is 5.78. The largest absolute Gasteiger partial charge is 0.478 e. The smallest absolute Gasteiger partial charge is 0.337 e. The summed E-state index contributed by atoms with van der Waals surface area (Å²) >= 11 is 0. The van der Waals surface area contributed by atoms with E-state index in [1.54, 1.807) is 25.1 Å². The number of morpholine rings is 1. The van der Waals surface area contributed by atoms with Crippen LogP contribution in [0.15, 0.2) is 47.4 Å². The lowest BCUT2D eigenvalue weighted by molar-refractivity contribution is 0.0698. The van der Waals surface area contributed by atoms with Gasteiger partial charge in [0.2, 0.25) is 10.0 Å². The van der Waals surface area contributed by atoms with Crippen LogP contribution in [0.3, 0.4) is 0 Å². The summed E-state index contributed by atoms with van der Waals surface area (Å²) in [5.74, 6) is -1.75. The molecule has 2 aromatic carbocycles. The zero-order chi connectivity index (χ0) is 20.3. The van der Waals surface area contributed by atoms with Crippen molar-refractivity contribution < 1.29 is 27.9 Å². The number of carboxylic acid groups (broad SMARTS) is 1. The van der Waals surface area contributed by atoms with Gasteiger partial charge in [0.15, 0.2) is 0 Å². The lowest BCUT2D eigenvalue weighted by Gasteiger charge is -2.26. The standard InChI is InChI=1S/C19H20N2O6S/c1-13-6-7-14(28(25,26)21-8-10-27-11-9-21)12-16(13)18(22)20-17-5-3-2-4-15(17)19(23)24/h2-7,12H,8-11H2,1H3,(H,20,22)(H,23,24). The molecule has 2 N–H and O–H groups in total. The molecule has 1 heterocycles. The summed E-state index contributed by atoms with van der Waals surface area (Å²) in [6.07, 6.45) is 0. The number of para-hydroxylation sites is 1. The molecular weight excluding hydrogens is 384 g/mol. The second kappa shape index (κ2) is 8.09. The maximum Gasteiger partial charge on any atom is 0.337 e. The number of nitrogens with one attached hydrogen (secondary N) is 1. The van der Waals surface area contributed by atoms with Gasteiger partial charge in [0, 0.05) is 18.7 Å². The van der Waals surface area contributed by atoms with E-state index in [2.05, 4.69) is 5.32 Å². The van der Waals surface area contributed by atoms with Gasteiger partial charge < -0.3 is 15.2 Å². The Hall–Kier alpha value is -2.75. The van der Waals surface area contributed by atoms with Gasteiger partial charge in [0.25, 0.3) is 5.91 Å². The SMILES string of the molecule is Cc1ccc(S(=O)(=O)N2CCOCC2)cc1C(=O)Nc1ccccc1C(=O)O. The molecule has 3 rings (SSSR count). The van der Waals surface area contributed by atoms with E-state index in [1.165, 1.54) is 28.6 Å². The van der Waals surface area contributed by atoms with Crippen molar-refractivity contribution in [3.05, 3.63) is 59.2 Å². The molecule has 1 aliphatic rings. The van der Waals surface area contributed by atoms with Crippen LogP contribution in [-0.2, 0) is 14.8 Å². The first-order valence-corrected chi connectivity index (χ1v) is 10.1. The molecule has 2 aromatic rings. The van der Waals surface area contributed by atoms with E-state index < -0.39 is 21.9 Å². The predicted molar refractivity (Wildman–Crippen MR) is 102 cm³/mol. The molecule has 0 atom stereocenters. The maximum absolute atomic E-state index is 12.8. The van der Waals surface area contributed by atoms with Gasteiger partial charge in [-0.1, -0.05) is 18.2 Å². The summed E-state index contributed by atoms with van der Waals surface area (Å²) < 4.78 is 32.2. The third kappa shape index (κ3) is 4.06. The second-order valence-electron chi connectivity index (χ2n) is 6.30. The fourth-order valence-electron chi connectivity index (χ4n) is 2.91. The van der Waals surface area contributed by atoms with Crippen LogP contribution < -0.4 is 5.32 Å². The number of sulfonamides is 1. The van der Waals surface area contributed by atoms with Gasteiger partial charge in [0.05, 0.1) is 29.4 Å². The van der Waals surface area contributed by atoms with E-state index in [1.807, 2.05) is 0 Å². The van der Waals surface area contributed by atoms with Gasteiger partial charge in [-0.25, -0.2) is 13.2 Å². The molecule has 0 unspecified atom stereocenters. The minimum Gasteiger partial charge on any atom is -0.478 e. The molecule has 0 aromatic heterocycles. The Balaban J connectivity index is 1.91. The summed E-state index contributed by atoms with van der Waals surface area (Å²) in [5, 5.41) is 11.8. The number of amides is 1. The van der Waals surface area contributed by atoms with Gasteiger partial charge in [-0.15, -0.1) is 0 Å². The number of anilines is 1. The van der Waals surface area contributed by atoms with Crippen molar-refractivity contribution in [1.82, 2.24) is 4.31 Å². The Labute approximate surface area is 162 Å². The van der Waals surface area contributed by atoms with Gasteiger partial charge in [0.1, 0.15) is 0 Å². The Morgan fingerprint density at radius 1 is 1.07 bits per heavy atom. The fourth-order valence-corrected chi connectivity index (χ4v) is 4.35. The van der Waals surface area contributed by atoms with E-state index in [-0.39, 0.29) is 34.8 Å². The molecule has 28 heavy (non-hydrogen) atoms. The fraction of sp³-hybridized carbons (Fsp3) is 0.263. The lowest BCUT2D eigenvalue weighted by atomic mass is 10.1. The molecule has 148 valence electrons. The minimum atomic E-state index is -3.75.